The van der Waals surface area contributed by atoms with E-state index in [-0.39, 0.29) is 11.1 Å². The zero-order valence-corrected chi connectivity index (χ0v) is 15.3. The number of piperidine rings is 1. The van der Waals surface area contributed by atoms with Crippen LogP contribution in [0, 0.1) is 6.92 Å². The lowest BCUT2D eigenvalue weighted by molar-refractivity contribution is -0.132. The van der Waals surface area contributed by atoms with Crippen molar-refractivity contribution in [2.45, 2.75) is 38.5 Å². The van der Waals surface area contributed by atoms with Crippen molar-refractivity contribution in [2.75, 3.05) is 13.1 Å². The van der Waals surface area contributed by atoms with Gasteiger partial charge in [0.25, 0.3) is 0 Å². The molecule has 1 aliphatic rings. The first-order chi connectivity index (χ1) is 12.6. The summed E-state index contributed by atoms with van der Waals surface area (Å²) in [4.78, 5) is 14.4. The summed E-state index contributed by atoms with van der Waals surface area (Å²) >= 11 is 5.97. The molecule has 0 radical (unpaired) electrons. The summed E-state index contributed by atoms with van der Waals surface area (Å²) in [6.45, 7) is 3.31. The van der Waals surface area contributed by atoms with Gasteiger partial charge >= 0.3 is 0 Å². The molecule has 4 rings (SSSR count). The molecule has 1 aliphatic heterocycles. The molecule has 0 spiro atoms. The topological polar surface area (TPSA) is 76.5 Å². The number of amides is 1. The monoisotopic (exact) mass is 373 g/mol. The highest BCUT2D eigenvalue weighted by atomic mass is 35.5. The number of carbonyl (C=O) groups is 1. The summed E-state index contributed by atoms with van der Waals surface area (Å²) in [6, 6.07) is 5.89. The maximum absolute atomic E-state index is 12.5. The van der Waals surface area contributed by atoms with Crippen LogP contribution in [0.4, 0.5) is 0 Å². The molecule has 0 bridgehead atoms. The van der Waals surface area contributed by atoms with Gasteiger partial charge in [-0.3, -0.25) is 9.20 Å². The van der Waals surface area contributed by atoms with Gasteiger partial charge in [0, 0.05) is 37.2 Å². The molecule has 0 aromatic carbocycles. The Balaban J connectivity index is 1.35. The van der Waals surface area contributed by atoms with E-state index >= 15 is 0 Å². The van der Waals surface area contributed by atoms with Gasteiger partial charge in [-0.15, -0.1) is 10.2 Å². The van der Waals surface area contributed by atoms with Crippen LogP contribution in [0.1, 0.15) is 42.3 Å². The molecule has 0 saturated carbocycles. The largest absolute Gasteiger partial charge is 0.344 e. The first-order valence-electron chi connectivity index (χ1n) is 8.81. The Bertz CT molecular complexity index is 907. The number of pyridine rings is 1. The second kappa shape index (κ2) is 7.07. The fraction of sp³-hybridized carbons (Fsp3) is 0.444. The van der Waals surface area contributed by atoms with Gasteiger partial charge in [-0.2, -0.15) is 0 Å². The lowest BCUT2D eigenvalue weighted by atomic mass is 9.95. The van der Waals surface area contributed by atoms with Crippen LogP contribution in [0.25, 0.3) is 5.65 Å². The van der Waals surface area contributed by atoms with Gasteiger partial charge in [-0.1, -0.05) is 11.2 Å². The van der Waals surface area contributed by atoms with E-state index in [1.165, 1.54) is 0 Å². The zero-order valence-electron chi connectivity index (χ0n) is 14.6. The van der Waals surface area contributed by atoms with Crippen LogP contribution in [0.15, 0.2) is 28.9 Å². The van der Waals surface area contributed by atoms with Gasteiger partial charge in [0.1, 0.15) is 5.82 Å². The molecule has 1 saturated heterocycles. The van der Waals surface area contributed by atoms with Crippen LogP contribution in [-0.4, -0.2) is 43.7 Å². The van der Waals surface area contributed by atoms with E-state index in [0.717, 1.165) is 48.7 Å². The number of aromatic nitrogens is 4. The number of halogens is 1. The van der Waals surface area contributed by atoms with Crippen molar-refractivity contribution in [3.05, 3.63) is 46.7 Å². The van der Waals surface area contributed by atoms with Crippen molar-refractivity contribution in [1.29, 1.82) is 0 Å². The zero-order chi connectivity index (χ0) is 18.1. The molecule has 0 unspecified atom stereocenters. The average Bonchev–Trinajstić information content (AvgIpc) is 3.23. The minimum absolute atomic E-state index is 0.145. The molecule has 3 aromatic heterocycles. The standard InChI is InChI=1S/C18H20ClN5O2/c1-12-14(17(19)26-22-12)5-6-16(25)23-10-7-13(8-11-23)18-21-20-15-4-2-3-9-24(15)18/h2-4,9,13H,5-8,10-11H2,1H3. The van der Waals surface area contributed by atoms with Crippen molar-refractivity contribution >= 4 is 23.2 Å². The van der Waals surface area contributed by atoms with Crippen LogP contribution in [0.3, 0.4) is 0 Å². The predicted molar refractivity (Wildman–Crippen MR) is 96.1 cm³/mol. The van der Waals surface area contributed by atoms with E-state index in [1.807, 2.05) is 40.6 Å². The van der Waals surface area contributed by atoms with E-state index in [4.69, 9.17) is 16.1 Å². The fourth-order valence-corrected chi connectivity index (χ4v) is 3.82. The van der Waals surface area contributed by atoms with E-state index in [0.29, 0.717) is 18.8 Å². The van der Waals surface area contributed by atoms with Gasteiger partial charge in [0.15, 0.2) is 5.65 Å². The Morgan fingerprint density at radius 3 is 2.85 bits per heavy atom. The van der Waals surface area contributed by atoms with Gasteiger partial charge in [0.05, 0.1) is 5.69 Å². The van der Waals surface area contributed by atoms with Crippen molar-refractivity contribution in [3.63, 3.8) is 0 Å². The molecular formula is C18H20ClN5O2. The summed E-state index contributed by atoms with van der Waals surface area (Å²) in [6.07, 6.45) is 4.76. The highest BCUT2D eigenvalue weighted by Gasteiger charge is 2.27. The second-order valence-electron chi connectivity index (χ2n) is 6.66. The normalized spacial score (nSPS) is 15.7. The van der Waals surface area contributed by atoms with Crippen LogP contribution < -0.4 is 0 Å². The average molecular weight is 374 g/mol. The summed E-state index contributed by atoms with van der Waals surface area (Å²) in [5, 5.41) is 12.7. The second-order valence-corrected chi connectivity index (χ2v) is 7.01. The van der Waals surface area contributed by atoms with Crippen LogP contribution >= 0.6 is 11.6 Å². The highest BCUT2D eigenvalue weighted by Crippen LogP contribution is 2.28. The number of hydrogen-bond donors (Lipinski definition) is 0. The van der Waals surface area contributed by atoms with E-state index in [1.54, 1.807) is 0 Å². The first kappa shape index (κ1) is 17.0. The highest BCUT2D eigenvalue weighted by molar-refractivity contribution is 6.29. The predicted octanol–water partition coefficient (Wildman–Crippen LogP) is 3.02. The summed E-state index contributed by atoms with van der Waals surface area (Å²) < 4.78 is 6.98. The summed E-state index contributed by atoms with van der Waals surface area (Å²) in [5.74, 6) is 1.46. The van der Waals surface area contributed by atoms with Crippen LogP contribution in [-0.2, 0) is 11.2 Å². The third-order valence-corrected chi connectivity index (χ3v) is 5.38. The molecule has 136 valence electrons. The van der Waals surface area contributed by atoms with E-state index in [2.05, 4.69) is 15.4 Å². The molecular weight excluding hydrogens is 354 g/mol. The fourth-order valence-electron chi connectivity index (χ4n) is 3.56. The molecule has 8 heteroatoms. The number of rotatable bonds is 4. The first-order valence-corrected chi connectivity index (χ1v) is 9.19. The minimum atomic E-state index is 0.145. The summed E-state index contributed by atoms with van der Waals surface area (Å²) in [7, 11) is 0. The van der Waals surface area contributed by atoms with Crippen molar-refractivity contribution < 1.29 is 9.32 Å². The molecule has 0 N–H and O–H groups in total. The number of carbonyl (C=O) groups excluding carboxylic acids is 1. The number of hydrogen-bond acceptors (Lipinski definition) is 5. The molecule has 26 heavy (non-hydrogen) atoms. The quantitative estimate of drug-likeness (QED) is 0.702. The molecule has 0 aliphatic carbocycles. The number of likely N-dealkylation sites (tertiary alicyclic amines) is 1. The molecule has 1 amide bonds. The Hall–Kier alpha value is -2.41. The maximum atomic E-state index is 12.5. The smallest absolute Gasteiger partial charge is 0.229 e. The van der Waals surface area contributed by atoms with Gasteiger partial charge < -0.3 is 9.42 Å². The third kappa shape index (κ3) is 3.19. The van der Waals surface area contributed by atoms with Crippen molar-refractivity contribution in [2.24, 2.45) is 0 Å². The number of nitrogens with zero attached hydrogens (tertiary/aromatic N) is 5. The van der Waals surface area contributed by atoms with Crippen LogP contribution in [0.5, 0.6) is 0 Å². The lowest BCUT2D eigenvalue weighted by Gasteiger charge is -2.31. The molecule has 1 fully saturated rings. The van der Waals surface area contributed by atoms with E-state index in [9.17, 15) is 4.79 Å². The SMILES string of the molecule is Cc1noc(Cl)c1CCC(=O)N1CCC(c2nnc3ccccn23)CC1. The van der Waals surface area contributed by atoms with Gasteiger partial charge in [0.2, 0.25) is 11.1 Å². The molecule has 7 nitrogen and oxygen atoms in total. The lowest BCUT2D eigenvalue weighted by Crippen LogP contribution is -2.38. The molecule has 0 atom stereocenters. The Labute approximate surface area is 155 Å². The molecule has 3 aromatic rings. The number of aryl methyl sites for hydroxylation is 1. The van der Waals surface area contributed by atoms with Crippen molar-refractivity contribution in [1.82, 2.24) is 24.7 Å². The Kier molecular flexibility index (Phi) is 4.63. The minimum Gasteiger partial charge on any atom is -0.344 e. The third-order valence-electron chi connectivity index (χ3n) is 5.08. The van der Waals surface area contributed by atoms with Gasteiger partial charge in [-0.05, 0) is 49.9 Å². The Morgan fingerprint density at radius 2 is 2.12 bits per heavy atom. The van der Waals surface area contributed by atoms with Gasteiger partial charge in [-0.25, -0.2) is 0 Å². The maximum Gasteiger partial charge on any atom is 0.229 e. The number of fused-ring (bicyclic) bond motifs is 1. The Morgan fingerprint density at radius 1 is 1.31 bits per heavy atom. The molecule has 4 heterocycles. The summed E-state index contributed by atoms with van der Waals surface area (Å²) in [5.41, 5.74) is 2.44. The van der Waals surface area contributed by atoms with Crippen LogP contribution in [0.2, 0.25) is 5.22 Å². The van der Waals surface area contributed by atoms with E-state index < -0.39 is 0 Å². The van der Waals surface area contributed by atoms with Crippen molar-refractivity contribution in [3.8, 4) is 0 Å².